The number of benzene rings is 1. The van der Waals surface area contributed by atoms with Crippen molar-refractivity contribution in [2.45, 2.75) is 38.6 Å². The second kappa shape index (κ2) is 6.59. The van der Waals surface area contributed by atoms with Gasteiger partial charge in [0.05, 0.1) is 22.3 Å². The highest BCUT2D eigenvalue weighted by Gasteiger charge is 2.25. The third kappa shape index (κ3) is 4.83. The first-order valence-corrected chi connectivity index (χ1v) is 8.66. The average molecular weight is 308 g/mol. The van der Waals surface area contributed by atoms with Crippen LogP contribution in [0.15, 0.2) is 29.2 Å². The van der Waals surface area contributed by atoms with Crippen molar-refractivity contribution in [1.82, 2.24) is 4.90 Å². The second-order valence-electron chi connectivity index (χ2n) is 6.48. The van der Waals surface area contributed by atoms with Crippen LogP contribution in [0.25, 0.3) is 0 Å². The monoisotopic (exact) mass is 308 g/mol. The minimum absolute atomic E-state index is 0.0792. The average Bonchev–Trinajstić information content (AvgIpc) is 2.43. The van der Waals surface area contributed by atoms with Gasteiger partial charge in [0, 0.05) is 12.6 Å². The summed E-state index contributed by atoms with van der Waals surface area (Å²) in [6.45, 7) is 9.02. The third-order valence-corrected chi connectivity index (χ3v) is 5.68. The summed E-state index contributed by atoms with van der Waals surface area (Å²) < 4.78 is 24.6. The molecule has 0 saturated carbocycles. The Morgan fingerprint density at radius 2 is 1.76 bits per heavy atom. The maximum absolute atomic E-state index is 12.3. The molecule has 1 aromatic carbocycles. The number of hydrogen-bond acceptors (Lipinski definition) is 4. The van der Waals surface area contributed by atoms with Crippen molar-refractivity contribution in [2.75, 3.05) is 19.3 Å². The Balaban J connectivity index is 2.75. The van der Waals surface area contributed by atoms with E-state index in [1.54, 1.807) is 0 Å². The largest absolute Gasteiger partial charge is 0.302 e. The van der Waals surface area contributed by atoms with Crippen molar-refractivity contribution in [3.05, 3.63) is 29.8 Å². The Morgan fingerprint density at radius 3 is 2.19 bits per heavy atom. The lowest BCUT2D eigenvalue weighted by Gasteiger charge is -2.35. The van der Waals surface area contributed by atoms with Crippen LogP contribution < -0.4 is 0 Å². The molecule has 1 atom stereocenters. The van der Waals surface area contributed by atoms with Gasteiger partial charge in [-0.3, -0.25) is 0 Å². The van der Waals surface area contributed by atoms with Crippen LogP contribution in [0.3, 0.4) is 0 Å². The maximum Gasteiger partial charge on any atom is 0.179 e. The summed E-state index contributed by atoms with van der Waals surface area (Å²) in [5, 5.41) is 8.74. The summed E-state index contributed by atoms with van der Waals surface area (Å²) in [4.78, 5) is 2.35. The van der Waals surface area contributed by atoms with E-state index in [1.165, 1.54) is 24.3 Å². The molecule has 0 radical (unpaired) electrons. The fraction of sp³-hybridized carbons (Fsp3) is 0.562. The minimum atomic E-state index is -3.31. The van der Waals surface area contributed by atoms with Crippen molar-refractivity contribution >= 4 is 9.84 Å². The van der Waals surface area contributed by atoms with Crippen molar-refractivity contribution in [3.8, 4) is 6.07 Å². The Bertz CT molecular complexity index is 607. The highest BCUT2D eigenvalue weighted by molar-refractivity contribution is 7.91. The van der Waals surface area contributed by atoms with E-state index in [0.717, 1.165) is 0 Å². The van der Waals surface area contributed by atoms with E-state index >= 15 is 0 Å². The second-order valence-corrected chi connectivity index (χ2v) is 8.59. The van der Waals surface area contributed by atoms with E-state index in [1.807, 2.05) is 13.1 Å². The fourth-order valence-corrected chi connectivity index (χ4v) is 3.29. The van der Waals surface area contributed by atoms with Gasteiger partial charge in [-0.2, -0.15) is 5.26 Å². The minimum Gasteiger partial charge on any atom is -0.302 e. The summed E-state index contributed by atoms with van der Waals surface area (Å²) in [6, 6.07) is 8.34. The molecule has 1 rings (SSSR count). The van der Waals surface area contributed by atoms with Crippen LogP contribution in [-0.2, 0) is 9.84 Å². The van der Waals surface area contributed by atoms with E-state index in [0.29, 0.717) is 12.1 Å². The number of rotatable bonds is 5. The molecule has 0 aliphatic rings. The Labute approximate surface area is 128 Å². The van der Waals surface area contributed by atoms with Crippen LogP contribution in [0.2, 0.25) is 0 Å². The van der Waals surface area contributed by atoms with Gasteiger partial charge in [0.25, 0.3) is 0 Å². The predicted molar refractivity (Wildman–Crippen MR) is 84.8 cm³/mol. The molecule has 0 amide bonds. The molecule has 0 aromatic heterocycles. The molecule has 0 aliphatic carbocycles. The lowest BCUT2D eigenvalue weighted by molar-refractivity contribution is 0.148. The molecule has 0 bridgehead atoms. The summed E-state index contributed by atoms with van der Waals surface area (Å²) >= 11 is 0. The number of hydrogen-bond donors (Lipinski definition) is 0. The highest BCUT2D eigenvalue weighted by atomic mass is 32.2. The van der Waals surface area contributed by atoms with Gasteiger partial charge in [-0.25, -0.2) is 8.42 Å². The summed E-state index contributed by atoms with van der Waals surface area (Å²) in [7, 11) is -1.36. The van der Waals surface area contributed by atoms with Gasteiger partial charge >= 0.3 is 0 Å². The molecule has 1 unspecified atom stereocenters. The van der Waals surface area contributed by atoms with Crippen molar-refractivity contribution in [2.24, 2.45) is 5.41 Å². The van der Waals surface area contributed by atoms with Crippen LogP contribution in [0.5, 0.6) is 0 Å². The van der Waals surface area contributed by atoms with Crippen molar-refractivity contribution < 1.29 is 8.42 Å². The SMILES string of the molecule is CC(N(C)CCS(=O)(=O)c1ccc(C#N)cc1)C(C)(C)C. The molecule has 0 N–H and O–H groups in total. The van der Waals surface area contributed by atoms with Crippen molar-refractivity contribution in [3.63, 3.8) is 0 Å². The molecular formula is C16H24N2O2S. The summed E-state index contributed by atoms with van der Waals surface area (Å²) in [5.74, 6) is 0.0792. The molecule has 21 heavy (non-hydrogen) atoms. The van der Waals surface area contributed by atoms with Gasteiger partial charge in [-0.05, 0) is 43.7 Å². The van der Waals surface area contributed by atoms with E-state index < -0.39 is 9.84 Å². The lowest BCUT2D eigenvalue weighted by atomic mass is 9.87. The number of nitriles is 1. The van der Waals surface area contributed by atoms with Crippen LogP contribution in [-0.4, -0.2) is 38.7 Å². The zero-order valence-electron chi connectivity index (χ0n) is 13.4. The standard InChI is InChI=1S/C16H24N2O2S/c1-13(16(2,3)4)18(5)10-11-21(19,20)15-8-6-14(12-17)7-9-15/h6-9,13H,10-11H2,1-5H3. The fourth-order valence-electron chi connectivity index (χ4n) is 1.97. The highest BCUT2D eigenvalue weighted by Crippen LogP contribution is 2.23. The first-order chi connectivity index (χ1) is 9.58. The number of nitrogens with zero attached hydrogens (tertiary/aromatic N) is 2. The van der Waals surface area contributed by atoms with Gasteiger partial charge in [0.15, 0.2) is 9.84 Å². The molecule has 1 aromatic rings. The lowest BCUT2D eigenvalue weighted by Crippen LogP contribution is -2.41. The van der Waals surface area contributed by atoms with Crippen LogP contribution >= 0.6 is 0 Å². The zero-order chi connectivity index (χ0) is 16.3. The maximum atomic E-state index is 12.3. The van der Waals surface area contributed by atoms with Gasteiger partial charge in [0.2, 0.25) is 0 Å². The Morgan fingerprint density at radius 1 is 1.24 bits per heavy atom. The van der Waals surface area contributed by atoms with Crippen LogP contribution in [0.4, 0.5) is 0 Å². The molecule has 0 spiro atoms. The molecule has 0 heterocycles. The first kappa shape index (κ1) is 17.7. The van der Waals surface area contributed by atoms with Crippen LogP contribution in [0, 0.1) is 16.7 Å². The van der Waals surface area contributed by atoms with Crippen LogP contribution in [0.1, 0.15) is 33.3 Å². The summed E-state index contributed by atoms with van der Waals surface area (Å²) in [5.41, 5.74) is 0.569. The molecule has 4 nitrogen and oxygen atoms in total. The van der Waals surface area contributed by atoms with E-state index in [9.17, 15) is 8.42 Å². The zero-order valence-corrected chi connectivity index (χ0v) is 14.2. The van der Waals surface area contributed by atoms with E-state index in [2.05, 4.69) is 32.6 Å². The molecule has 0 saturated heterocycles. The predicted octanol–water partition coefficient (Wildman–Crippen LogP) is 2.70. The molecule has 116 valence electrons. The van der Waals surface area contributed by atoms with Gasteiger partial charge in [-0.15, -0.1) is 0 Å². The topological polar surface area (TPSA) is 61.2 Å². The third-order valence-electron chi connectivity index (χ3n) is 3.97. The normalized spacial score (nSPS) is 14.0. The molecule has 5 heteroatoms. The van der Waals surface area contributed by atoms with Gasteiger partial charge < -0.3 is 4.90 Å². The molecule has 0 fully saturated rings. The van der Waals surface area contributed by atoms with Gasteiger partial charge in [0.1, 0.15) is 0 Å². The quantitative estimate of drug-likeness (QED) is 0.839. The molecule has 0 aliphatic heterocycles. The number of sulfone groups is 1. The Hall–Kier alpha value is -1.38. The summed E-state index contributed by atoms with van der Waals surface area (Å²) in [6.07, 6.45) is 0. The first-order valence-electron chi connectivity index (χ1n) is 7.01. The van der Waals surface area contributed by atoms with E-state index in [-0.39, 0.29) is 22.1 Å². The van der Waals surface area contributed by atoms with Crippen molar-refractivity contribution in [1.29, 1.82) is 5.26 Å². The smallest absolute Gasteiger partial charge is 0.179 e. The molecular weight excluding hydrogens is 284 g/mol. The van der Waals surface area contributed by atoms with E-state index in [4.69, 9.17) is 5.26 Å². The Kier molecular flexibility index (Phi) is 5.54. The van der Waals surface area contributed by atoms with Gasteiger partial charge in [-0.1, -0.05) is 20.8 Å².